The third-order valence-electron chi connectivity index (χ3n) is 8.48. The number of amides is 3. The van der Waals surface area contributed by atoms with Gasteiger partial charge in [-0.3, -0.25) is 14.6 Å². The third-order valence-corrected chi connectivity index (χ3v) is 8.48. The molecule has 0 bridgehead atoms. The molecule has 4 rings (SSSR count). The molecule has 250 valence electrons. The Labute approximate surface area is 278 Å². The highest BCUT2D eigenvalue weighted by atomic mass is 16.6. The van der Waals surface area contributed by atoms with Gasteiger partial charge in [0.25, 0.3) is 0 Å². The zero-order valence-corrected chi connectivity index (χ0v) is 28.4. The molecule has 1 heterocycles. The molecule has 3 amide bonds. The number of carbonyl (C=O) groups is 3. The summed E-state index contributed by atoms with van der Waals surface area (Å²) in [5.41, 5.74) is 11.4. The molecule has 1 saturated carbocycles. The number of nitrogens with zero attached hydrogens (tertiary/aromatic N) is 2. The van der Waals surface area contributed by atoms with Crippen LogP contribution in [0.3, 0.4) is 0 Å². The first kappa shape index (κ1) is 35.1. The number of ether oxygens (including phenoxy) is 1. The number of aromatic nitrogens is 1. The van der Waals surface area contributed by atoms with E-state index < -0.39 is 17.7 Å². The van der Waals surface area contributed by atoms with E-state index in [4.69, 9.17) is 10.5 Å². The van der Waals surface area contributed by atoms with Crippen molar-refractivity contribution < 1.29 is 19.1 Å². The van der Waals surface area contributed by atoms with Crippen LogP contribution in [0.4, 0.5) is 16.3 Å². The highest BCUT2D eigenvalue weighted by molar-refractivity contribution is 6.00. The molecular formula is C37H48N6O4. The maximum Gasteiger partial charge on any atom is 0.407 e. The van der Waals surface area contributed by atoms with Gasteiger partial charge in [0.1, 0.15) is 17.5 Å². The van der Waals surface area contributed by atoms with Gasteiger partial charge < -0.3 is 26.4 Å². The lowest BCUT2D eigenvalue weighted by molar-refractivity contribution is -0.130. The smallest absolute Gasteiger partial charge is 0.407 e. The molecule has 0 saturated heterocycles. The van der Waals surface area contributed by atoms with Crippen molar-refractivity contribution in [2.75, 3.05) is 24.6 Å². The number of benzene rings is 2. The van der Waals surface area contributed by atoms with Gasteiger partial charge in [-0.05, 0) is 107 Å². The SMILES string of the molecule is CN=C(C)c1ccc(NC(=O)C(Cc2cccc(-c3ccc(N)nc3C)c2)NC(=O)C2CCC(CNC(=O)OC(C)(C)C)CC2)cc1. The topological polar surface area (TPSA) is 148 Å². The second-order valence-electron chi connectivity index (χ2n) is 13.3. The number of hydrogen-bond acceptors (Lipinski definition) is 7. The van der Waals surface area contributed by atoms with Crippen LogP contribution in [0.1, 0.15) is 70.2 Å². The Kier molecular flexibility index (Phi) is 11.7. The van der Waals surface area contributed by atoms with Crippen molar-refractivity contribution >= 4 is 35.1 Å². The maximum atomic E-state index is 13.7. The number of pyridine rings is 1. The largest absolute Gasteiger partial charge is 0.444 e. The monoisotopic (exact) mass is 640 g/mol. The molecule has 10 nitrogen and oxygen atoms in total. The molecule has 47 heavy (non-hydrogen) atoms. The molecule has 1 atom stereocenters. The van der Waals surface area contributed by atoms with E-state index in [9.17, 15) is 14.4 Å². The highest BCUT2D eigenvalue weighted by Crippen LogP contribution is 2.29. The van der Waals surface area contributed by atoms with Gasteiger partial charge >= 0.3 is 6.09 Å². The first-order valence-electron chi connectivity index (χ1n) is 16.3. The van der Waals surface area contributed by atoms with Crippen molar-refractivity contribution in [2.24, 2.45) is 16.8 Å². The number of aliphatic imine (C=N–C) groups is 1. The van der Waals surface area contributed by atoms with Gasteiger partial charge in [0, 0.05) is 48.6 Å². The summed E-state index contributed by atoms with van der Waals surface area (Å²) in [5, 5.41) is 8.93. The van der Waals surface area contributed by atoms with Crippen molar-refractivity contribution in [3.05, 3.63) is 77.5 Å². The molecule has 1 aliphatic carbocycles. The van der Waals surface area contributed by atoms with Crippen LogP contribution in [0.25, 0.3) is 11.1 Å². The molecule has 1 aliphatic rings. The van der Waals surface area contributed by atoms with Crippen LogP contribution >= 0.6 is 0 Å². The highest BCUT2D eigenvalue weighted by Gasteiger charge is 2.30. The van der Waals surface area contributed by atoms with E-state index in [1.165, 1.54) is 0 Å². The second kappa shape index (κ2) is 15.7. The number of anilines is 2. The number of aryl methyl sites for hydroxylation is 1. The van der Waals surface area contributed by atoms with Crippen molar-refractivity contribution in [1.29, 1.82) is 0 Å². The summed E-state index contributed by atoms with van der Waals surface area (Å²) in [6.07, 6.45) is 2.84. The Morgan fingerprint density at radius 3 is 2.36 bits per heavy atom. The van der Waals surface area contributed by atoms with Crippen molar-refractivity contribution in [3.8, 4) is 11.1 Å². The molecule has 1 unspecified atom stereocenters. The van der Waals surface area contributed by atoms with E-state index in [0.29, 0.717) is 37.3 Å². The van der Waals surface area contributed by atoms with Crippen molar-refractivity contribution in [2.45, 2.75) is 78.4 Å². The molecule has 0 radical (unpaired) electrons. The Morgan fingerprint density at radius 1 is 1.02 bits per heavy atom. The summed E-state index contributed by atoms with van der Waals surface area (Å²) in [6, 6.07) is 18.3. The van der Waals surface area contributed by atoms with Crippen LogP contribution in [0.15, 0.2) is 65.7 Å². The number of nitrogens with one attached hydrogen (secondary N) is 3. The average molecular weight is 641 g/mol. The summed E-state index contributed by atoms with van der Waals surface area (Å²) in [7, 11) is 1.74. The zero-order chi connectivity index (χ0) is 34.1. The fourth-order valence-corrected chi connectivity index (χ4v) is 5.81. The van der Waals surface area contributed by atoms with Crippen LogP contribution in [0.2, 0.25) is 0 Å². The molecule has 3 aromatic rings. The average Bonchev–Trinajstić information content (AvgIpc) is 3.03. The van der Waals surface area contributed by atoms with E-state index in [1.807, 2.05) is 89.2 Å². The number of nitrogen functional groups attached to an aromatic ring is 1. The zero-order valence-electron chi connectivity index (χ0n) is 28.4. The van der Waals surface area contributed by atoms with Gasteiger partial charge in [0.2, 0.25) is 11.8 Å². The summed E-state index contributed by atoms with van der Waals surface area (Å²) in [6.45, 7) is 9.85. The molecular weight excluding hydrogens is 592 g/mol. The lowest BCUT2D eigenvalue weighted by atomic mass is 9.81. The minimum atomic E-state index is -0.798. The first-order chi connectivity index (χ1) is 22.3. The predicted molar refractivity (Wildman–Crippen MR) is 187 cm³/mol. The second-order valence-corrected chi connectivity index (χ2v) is 13.3. The maximum absolute atomic E-state index is 13.7. The van der Waals surface area contributed by atoms with Crippen molar-refractivity contribution in [3.63, 3.8) is 0 Å². The van der Waals surface area contributed by atoms with E-state index in [2.05, 4.69) is 25.9 Å². The summed E-state index contributed by atoms with van der Waals surface area (Å²) in [5.74, 6) is 0.0828. The third kappa shape index (κ3) is 10.4. The molecule has 1 fully saturated rings. The summed E-state index contributed by atoms with van der Waals surface area (Å²) in [4.78, 5) is 48.0. The van der Waals surface area contributed by atoms with Gasteiger partial charge in [0.15, 0.2) is 0 Å². The standard InChI is InChI=1S/C37H48N6O4/c1-23(39-6)27-14-16-30(17-15-27)42-35(45)32(21-26-8-7-9-29(20-26)31-18-19-33(38)41-24(31)2)43-34(44)28-12-10-25(11-13-28)22-40-36(46)47-37(3,4)5/h7-9,14-20,25,28,32H,10-13,21-22H2,1-6H3,(H2,38,41)(H,40,46)(H,42,45)(H,43,44). The molecule has 5 N–H and O–H groups in total. The van der Waals surface area contributed by atoms with E-state index in [1.54, 1.807) is 13.1 Å². The van der Waals surface area contributed by atoms with Gasteiger partial charge in [0.05, 0.1) is 0 Å². The Hall–Kier alpha value is -4.73. The van der Waals surface area contributed by atoms with Gasteiger partial charge in [-0.15, -0.1) is 0 Å². The van der Waals surface area contributed by atoms with E-state index in [-0.39, 0.29) is 23.7 Å². The van der Waals surface area contributed by atoms with Crippen LogP contribution in [-0.2, 0) is 20.7 Å². The number of rotatable bonds is 10. The molecule has 2 aromatic carbocycles. The molecule has 0 spiro atoms. The lowest BCUT2D eigenvalue weighted by Crippen LogP contribution is -2.48. The van der Waals surface area contributed by atoms with Crippen LogP contribution in [0.5, 0.6) is 0 Å². The molecule has 0 aliphatic heterocycles. The van der Waals surface area contributed by atoms with Gasteiger partial charge in [-0.2, -0.15) is 0 Å². The van der Waals surface area contributed by atoms with E-state index in [0.717, 1.165) is 46.5 Å². The van der Waals surface area contributed by atoms with Crippen LogP contribution < -0.4 is 21.7 Å². The first-order valence-corrected chi connectivity index (χ1v) is 16.3. The van der Waals surface area contributed by atoms with Crippen LogP contribution in [0, 0.1) is 18.8 Å². The minimum Gasteiger partial charge on any atom is -0.444 e. The van der Waals surface area contributed by atoms with Gasteiger partial charge in [-0.1, -0.05) is 36.4 Å². The predicted octanol–water partition coefficient (Wildman–Crippen LogP) is 6.08. The Morgan fingerprint density at radius 2 is 1.72 bits per heavy atom. The Bertz CT molecular complexity index is 1590. The number of alkyl carbamates (subject to hydrolysis) is 1. The number of hydrogen-bond donors (Lipinski definition) is 4. The summed E-state index contributed by atoms with van der Waals surface area (Å²) < 4.78 is 5.34. The Balaban J connectivity index is 1.45. The molecule has 1 aromatic heterocycles. The fourth-order valence-electron chi connectivity index (χ4n) is 5.81. The fraction of sp³-hybridized carbons (Fsp3) is 0.432. The van der Waals surface area contributed by atoms with E-state index >= 15 is 0 Å². The normalized spacial score (nSPS) is 17.4. The summed E-state index contributed by atoms with van der Waals surface area (Å²) >= 11 is 0. The number of nitrogens with two attached hydrogens (primary N) is 1. The molecule has 10 heteroatoms. The quantitative estimate of drug-likeness (QED) is 0.198. The van der Waals surface area contributed by atoms with Gasteiger partial charge in [-0.25, -0.2) is 9.78 Å². The van der Waals surface area contributed by atoms with Crippen LogP contribution in [-0.4, -0.2) is 53.8 Å². The lowest BCUT2D eigenvalue weighted by Gasteiger charge is -2.29. The van der Waals surface area contributed by atoms with Crippen molar-refractivity contribution in [1.82, 2.24) is 15.6 Å². The number of carbonyl (C=O) groups excluding carboxylic acids is 3. The minimum absolute atomic E-state index is 0.136.